The Kier molecular flexibility index (Phi) is 13.6. The number of rotatable bonds is 5. The van der Waals surface area contributed by atoms with Crippen molar-refractivity contribution in [1.82, 2.24) is 4.98 Å². The molecule has 0 radical (unpaired) electrons. The molecule has 64 heavy (non-hydrogen) atoms. The molecule has 3 aromatic carbocycles. The Morgan fingerprint density at radius 1 is 0.984 bits per heavy atom. The molecule has 1 aromatic heterocycles. The van der Waals surface area contributed by atoms with E-state index in [4.69, 9.17) is 28.3 Å². The highest BCUT2D eigenvalue weighted by Gasteiger charge is 2.44. The molecule has 4 bridgehead atoms. The zero-order chi connectivity index (χ0) is 47.3. The largest absolute Gasteiger partial charge is 0.507 e. The number of aromatic nitrogens is 1. The van der Waals surface area contributed by atoms with Crippen molar-refractivity contribution in [2.24, 2.45) is 29.6 Å². The maximum absolute atomic E-state index is 14.8. The number of hydrogen-bond acceptors (Lipinski definition) is 15. The molecule has 1 amide bonds. The number of phenolic OH excluding ortho intramolecular Hbond substituents is 1. The predicted octanol–water partition coefficient (Wildman–Crippen LogP) is 5.65. The molecule has 9 atom stereocenters. The molecule has 344 valence electrons. The van der Waals surface area contributed by atoms with Gasteiger partial charge in [-0.2, -0.15) is 0 Å². The summed E-state index contributed by atoms with van der Waals surface area (Å²) in [4.78, 5) is 61.5. The Balaban J connectivity index is 1.65. The van der Waals surface area contributed by atoms with E-state index in [2.05, 4.69) is 5.32 Å². The number of fused-ring (bicyclic) bond motifs is 2. The van der Waals surface area contributed by atoms with Crippen LogP contribution in [0.4, 0.5) is 11.4 Å². The van der Waals surface area contributed by atoms with E-state index in [0.29, 0.717) is 12.2 Å². The number of carbonyl (C=O) groups excluding carboxylic acids is 2. The summed E-state index contributed by atoms with van der Waals surface area (Å²) >= 11 is 0. The maximum Gasteiger partial charge on any atom is 0.307 e. The van der Waals surface area contributed by atoms with Gasteiger partial charge in [0.15, 0.2) is 22.4 Å². The van der Waals surface area contributed by atoms with Crippen molar-refractivity contribution in [3.8, 4) is 11.5 Å². The van der Waals surface area contributed by atoms with Gasteiger partial charge in [0, 0.05) is 92.6 Å². The Morgan fingerprint density at radius 2 is 1.67 bits per heavy atom. The van der Waals surface area contributed by atoms with E-state index in [-0.39, 0.29) is 66.7 Å². The van der Waals surface area contributed by atoms with Crippen LogP contribution in [-0.2, 0) is 23.8 Å². The van der Waals surface area contributed by atoms with Crippen molar-refractivity contribution in [3.05, 3.63) is 79.5 Å². The third kappa shape index (κ3) is 8.65. The summed E-state index contributed by atoms with van der Waals surface area (Å²) < 4.78 is 30.3. The fourth-order valence-corrected chi connectivity index (χ4v) is 8.75. The summed E-state index contributed by atoms with van der Waals surface area (Å²) in [5, 5.41) is 49.0. The van der Waals surface area contributed by atoms with E-state index >= 15 is 0 Å². The molecular weight excluding hydrogens is 827 g/mol. The second-order valence-corrected chi connectivity index (χ2v) is 17.8. The summed E-state index contributed by atoms with van der Waals surface area (Å²) in [6.07, 6.45) is 3.53. The van der Waals surface area contributed by atoms with E-state index in [0.717, 1.165) is 0 Å². The fourth-order valence-electron chi connectivity index (χ4n) is 8.75. The number of amides is 1. The van der Waals surface area contributed by atoms with Crippen molar-refractivity contribution < 1.29 is 53.4 Å². The minimum atomic E-state index is -1.98. The van der Waals surface area contributed by atoms with Crippen LogP contribution in [0.25, 0.3) is 38.7 Å². The molecule has 2 aliphatic heterocycles. The number of esters is 1. The highest BCUT2D eigenvalue weighted by molar-refractivity contribution is 6.16. The van der Waals surface area contributed by atoms with Crippen LogP contribution in [0.2, 0.25) is 0 Å². The number of nitrogens with zero attached hydrogens (tertiary/aromatic N) is 2. The molecular formula is C48H59N3O13. The first kappa shape index (κ1) is 47.5. The van der Waals surface area contributed by atoms with Crippen molar-refractivity contribution >= 4 is 62.0 Å². The Bertz CT molecular complexity index is 2780. The van der Waals surface area contributed by atoms with Crippen molar-refractivity contribution in [3.63, 3.8) is 0 Å². The molecule has 4 aromatic rings. The van der Waals surface area contributed by atoms with Crippen LogP contribution < -0.4 is 31.0 Å². The van der Waals surface area contributed by atoms with E-state index in [1.165, 1.54) is 59.3 Å². The second-order valence-electron chi connectivity index (χ2n) is 17.8. The first-order valence-corrected chi connectivity index (χ1v) is 21.4. The van der Waals surface area contributed by atoms with Crippen molar-refractivity contribution in [2.45, 2.75) is 99.4 Å². The SMILES string of the molecule is CO[C@H]1/C=C\O[C@@]2(C)Oc3c(C)c(O)c4c(=O)c(c5oc6cc(N(C)CC(C)C)cc(=O)c6nc5c4c3=C2O)NC(=O)/C(C)=C/C=C/[C@H](C)[C@H](O)[C@@H](C)[C@@H](O)[C@@H](C)[C@H](OC(C)=O)[C@@H]1C. The summed E-state index contributed by atoms with van der Waals surface area (Å²) in [6, 6.07) is 3.03. The van der Waals surface area contributed by atoms with E-state index < -0.39 is 88.1 Å². The number of allylic oxidation sites excluding steroid dienone is 2. The molecule has 0 saturated heterocycles. The van der Waals surface area contributed by atoms with Gasteiger partial charge in [0.25, 0.3) is 5.91 Å². The lowest BCUT2D eigenvalue weighted by molar-refractivity contribution is -0.160. The van der Waals surface area contributed by atoms with E-state index in [9.17, 15) is 39.6 Å². The molecule has 0 saturated carbocycles. The number of hydrogen-bond donors (Lipinski definition) is 5. The number of anilines is 2. The molecule has 0 unspecified atom stereocenters. The molecule has 16 nitrogen and oxygen atoms in total. The van der Waals surface area contributed by atoms with Crippen LogP contribution in [0.5, 0.6) is 11.5 Å². The van der Waals surface area contributed by atoms with E-state index in [1.807, 2.05) is 25.8 Å². The summed E-state index contributed by atoms with van der Waals surface area (Å²) in [7, 11) is 3.27. The molecule has 16 heteroatoms. The number of aromatic hydroxyl groups is 1. The minimum Gasteiger partial charge on any atom is -0.507 e. The third-order valence-corrected chi connectivity index (χ3v) is 12.5. The molecule has 6 rings (SSSR count). The Labute approximate surface area is 370 Å². The number of carbonyl (C=O) groups is 2. The lowest BCUT2D eigenvalue weighted by atomic mass is 9.78. The number of phenols is 1. The average Bonchev–Trinajstić information content (AvgIpc) is 3.50. The quantitative estimate of drug-likeness (QED) is 0.0927. The van der Waals surface area contributed by atoms with Gasteiger partial charge in [-0.25, -0.2) is 4.98 Å². The van der Waals surface area contributed by atoms with Gasteiger partial charge in [0.05, 0.1) is 35.2 Å². The summed E-state index contributed by atoms with van der Waals surface area (Å²) in [6.45, 7) is 17.2. The van der Waals surface area contributed by atoms with Gasteiger partial charge in [-0.15, -0.1) is 0 Å². The first-order chi connectivity index (χ1) is 30.0. The van der Waals surface area contributed by atoms with Crippen LogP contribution in [0.1, 0.15) is 67.9 Å². The Hall–Kier alpha value is -5.97. The van der Waals surface area contributed by atoms with Crippen molar-refractivity contribution in [2.75, 3.05) is 30.9 Å². The first-order valence-electron chi connectivity index (χ1n) is 21.4. The summed E-state index contributed by atoms with van der Waals surface area (Å²) in [5.74, 6) is -6.69. The number of aliphatic hydroxyl groups excluding tert-OH is 3. The van der Waals surface area contributed by atoms with Crippen LogP contribution in [0.15, 0.2) is 62.3 Å². The Morgan fingerprint density at radius 3 is 2.31 bits per heavy atom. The highest BCUT2D eigenvalue weighted by Crippen LogP contribution is 2.42. The molecule has 5 N–H and O–H groups in total. The third-order valence-electron chi connectivity index (χ3n) is 12.5. The van der Waals surface area contributed by atoms with E-state index in [1.54, 1.807) is 45.9 Å². The standard InChI is InChI=1S/C48H59N3O13/c1-21(2)20-51(11)29-18-30(53)36-32(19-29)63-45-37(49-36)33-34-41(56)27(8)44-35(33)46(58)48(10,64-44)61-17-16-31(60-12)24(5)43(62-28(9)52)26(7)40(55)25(6)39(54)22(3)14-13-15-23(4)47(59)50-38(45)42(34)57/h13-19,21-22,24-26,31,39-40,43,54-56,58H,20H2,1-12H3,(H,50,59)/b14-13+,17-16-,23-15+/t22-,24+,25+,26+,31-,39-,40+,43+,48-/m0/s1. The van der Waals surface area contributed by atoms with Gasteiger partial charge in [0.1, 0.15) is 28.8 Å². The highest BCUT2D eigenvalue weighted by atomic mass is 16.7. The molecule has 0 spiro atoms. The van der Waals surface area contributed by atoms with Crippen LogP contribution >= 0.6 is 0 Å². The lowest BCUT2D eigenvalue weighted by Gasteiger charge is -2.38. The number of benzene rings is 3. The number of ether oxygens (including phenoxy) is 4. The average molecular weight is 886 g/mol. The molecule has 3 heterocycles. The number of nitrogens with one attached hydrogen (secondary N) is 1. The van der Waals surface area contributed by atoms with Crippen LogP contribution in [0.3, 0.4) is 0 Å². The molecule has 2 aliphatic rings. The summed E-state index contributed by atoms with van der Waals surface area (Å²) in [5.41, 5.74) is -1.55. The molecule has 0 fully saturated rings. The normalized spacial score (nSPS) is 28.8. The lowest BCUT2D eigenvalue weighted by Crippen LogP contribution is -2.46. The maximum atomic E-state index is 14.8. The molecule has 0 aliphatic carbocycles. The van der Waals surface area contributed by atoms with Gasteiger partial charge in [-0.05, 0) is 25.8 Å². The second kappa shape index (κ2) is 18.3. The zero-order valence-electron chi connectivity index (χ0n) is 38.3. The van der Waals surface area contributed by atoms with Crippen LogP contribution in [0, 0.1) is 36.5 Å². The van der Waals surface area contributed by atoms with Crippen LogP contribution in [-0.4, -0.2) is 88.2 Å². The van der Waals surface area contributed by atoms with Crippen molar-refractivity contribution in [1.29, 1.82) is 0 Å². The predicted molar refractivity (Wildman–Crippen MR) is 243 cm³/mol. The fraction of sp³-hybridized carbons (Fsp3) is 0.479. The topological polar surface area (TPSA) is 227 Å². The van der Waals surface area contributed by atoms with Gasteiger partial charge in [-0.3, -0.25) is 19.2 Å². The smallest absolute Gasteiger partial charge is 0.307 e. The van der Waals surface area contributed by atoms with Gasteiger partial charge in [0.2, 0.25) is 10.9 Å². The zero-order valence-corrected chi connectivity index (χ0v) is 38.3. The number of aliphatic hydroxyl groups is 3. The number of methoxy groups -OCH3 is 1. The minimum absolute atomic E-state index is 0.0121. The monoisotopic (exact) mass is 885 g/mol. The van der Waals surface area contributed by atoms with Gasteiger partial charge in [-0.1, -0.05) is 59.8 Å². The van der Waals surface area contributed by atoms with Gasteiger partial charge < -0.3 is 54.0 Å². The van der Waals surface area contributed by atoms with Gasteiger partial charge >= 0.3 is 11.8 Å².